The molecule has 0 unspecified atom stereocenters. The van der Waals surface area contributed by atoms with Gasteiger partial charge < -0.3 is 10.1 Å². The second-order valence-corrected chi connectivity index (χ2v) is 10.6. The third kappa shape index (κ3) is 4.65. The molecule has 1 N–H and O–H groups in total. The van der Waals surface area contributed by atoms with Crippen LogP contribution in [0.3, 0.4) is 0 Å². The smallest absolute Gasteiger partial charge is 0.339 e. The van der Waals surface area contributed by atoms with E-state index >= 15 is 0 Å². The Hall–Kier alpha value is -3.15. The summed E-state index contributed by atoms with van der Waals surface area (Å²) in [5.74, 6) is 1.08. The van der Waals surface area contributed by atoms with E-state index in [2.05, 4.69) is 27.5 Å². The van der Waals surface area contributed by atoms with Crippen molar-refractivity contribution in [3.63, 3.8) is 0 Å². The second-order valence-electron chi connectivity index (χ2n) is 9.45. The maximum absolute atomic E-state index is 13.1. The monoisotopic (exact) mass is 518 g/mol. The Labute approximate surface area is 210 Å². The number of anilines is 2. The normalized spacial score (nSPS) is 20.9. The van der Waals surface area contributed by atoms with Gasteiger partial charge in [-0.05, 0) is 44.1 Å². The van der Waals surface area contributed by atoms with Crippen molar-refractivity contribution < 1.29 is 23.1 Å². The number of esters is 1. The zero-order valence-electron chi connectivity index (χ0n) is 20.3. The van der Waals surface area contributed by atoms with Crippen molar-refractivity contribution in [1.82, 2.24) is 24.5 Å². The van der Waals surface area contributed by atoms with Crippen LogP contribution in [-0.4, -0.2) is 42.9 Å². The third-order valence-corrected chi connectivity index (χ3v) is 8.27. The lowest BCUT2D eigenvalue weighted by Crippen LogP contribution is -2.21. The van der Waals surface area contributed by atoms with Gasteiger partial charge in [-0.1, -0.05) is 6.92 Å². The standard InChI is InChI=1S/C24H28F2N6O3S/c1-4-35-23(34)21-15-8-13(5-6-18(15)36-19(21)10-17(33)14-7-12(14)2)32-11-27-29-24(32)28-20-9-16(22(25)26)30-31(20)3/h9,11-14,22H,4-8,10H2,1-3H3,(H,28,29)/t12-,13-,14-/m0/s1. The van der Waals surface area contributed by atoms with Crippen molar-refractivity contribution >= 4 is 34.9 Å². The summed E-state index contributed by atoms with van der Waals surface area (Å²) in [6, 6.07) is 1.22. The summed E-state index contributed by atoms with van der Waals surface area (Å²) in [6.45, 7) is 4.09. The van der Waals surface area contributed by atoms with Crippen LogP contribution in [0.1, 0.15) is 70.5 Å². The van der Waals surface area contributed by atoms with E-state index < -0.39 is 6.43 Å². The number of hydrogen-bond donors (Lipinski definition) is 1. The third-order valence-electron chi connectivity index (χ3n) is 6.97. The van der Waals surface area contributed by atoms with Crippen LogP contribution in [0.15, 0.2) is 12.4 Å². The van der Waals surface area contributed by atoms with Crippen LogP contribution < -0.4 is 5.32 Å². The summed E-state index contributed by atoms with van der Waals surface area (Å²) in [5, 5.41) is 15.0. The molecular weight excluding hydrogens is 490 g/mol. The van der Waals surface area contributed by atoms with E-state index in [9.17, 15) is 18.4 Å². The van der Waals surface area contributed by atoms with Crippen molar-refractivity contribution in [2.24, 2.45) is 18.9 Å². The van der Waals surface area contributed by atoms with Crippen molar-refractivity contribution in [3.8, 4) is 0 Å². The van der Waals surface area contributed by atoms with Gasteiger partial charge in [0.25, 0.3) is 6.43 Å². The summed E-state index contributed by atoms with van der Waals surface area (Å²) < 4.78 is 34.7. The molecule has 5 rings (SSSR count). The van der Waals surface area contributed by atoms with Crippen LogP contribution in [-0.2, 0) is 35.8 Å². The summed E-state index contributed by atoms with van der Waals surface area (Å²) in [4.78, 5) is 27.6. The Morgan fingerprint density at radius 1 is 1.36 bits per heavy atom. The van der Waals surface area contributed by atoms with E-state index in [-0.39, 0.29) is 42.4 Å². The van der Waals surface area contributed by atoms with E-state index in [1.165, 1.54) is 10.7 Å². The van der Waals surface area contributed by atoms with Crippen LogP contribution in [0, 0.1) is 11.8 Å². The van der Waals surface area contributed by atoms with Crippen LogP contribution in [0.5, 0.6) is 0 Å². The molecule has 1 fully saturated rings. The van der Waals surface area contributed by atoms with Gasteiger partial charge in [-0.25, -0.2) is 13.6 Å². The molecule has 192 valence electrons. The largest absolute Gasteiger partial charge is 0.462 e. The zero-order chi connectivity index (χ0) is 25.6. The molecule has 9 nitrogen and oxygen atoms in total. The molecule has 0 amide bonds. The average Bonchev–Trinajstić information content (AvgIpc) is 3.15. The number of nitrogens with one attached hydrogen (secondary N) is 1. The lowest BCUT2D eigenvalue weighted by Gasteiger charge is -2.25. The Morgan fingerprint density at radius 3 is 2.81 bits per heavy atom. The molecule has 2 aliphatic rings. The number of ether oxygens (including phenoxy) is 1. The Morgan fingerprint density at radius 2 is 2.14 bits per heavy atom. The number of rotatable bonds is 9. The number of fused-ring (bicyclic) bond motifs is 1. The fourth-order valence-corrected chi connectivity index (χ4v) is 6.26. The highest BCUT2D eigenvalue weighted by molar-refractivity contribution is 7.12. The van der Waals surface area contributed by atoms with Crippen molar-refractivity contribution in [2.45, 2.75) is 58.4 Å². The Bertz CT molecular complexity index is 1300. The Kier molecular flexibility index (Phi) is 6.62. The van der Waals surface area contributed by atoms with Gasteiger partial charge in [0.1, 0.15) is 23.6 Å². The minimum atomic E-state index is -2.68. The molecule has 3 heterocycles. The number of hydrogen-bond acceptors (Lipinski definition) is 8. The number of Topliss-reactive ketones (excluding diaryl/α,β-unsaturated/α-hetero) is 1. The molecule has 3 atom stereocenters. The van der Waals surface area contributed by atoms with E-state index in [0.29, 0.717) is 29.7 Å². The molecule has 36 heavy (non-hydrogen) atoms. The molecule has 1 saturated carbocycles. The number of aromatic nitrogens is 5. The van der Waals surface area contributed by atoms with Gasteiger partial charge in [0, 0.05) is 41.2 Å². The molecule has 2 aliphatic carbocycles. The van der Waals surface area contributed by atoms with Gasteiger partial charge in [0.05, 0.1) is 12.2 Å². The number of ketones is 1. The molecule has 0 aromatic carbocycles. The highest BCUT2D eigenvalue weighted by atomic mass is 32.1. The lowest BCUT2D eigenvalue weighted by atomic mass is 9.90. The quantitative estimate of drug-likeness (QED) is 0.418. The maximum Gasteiger partial charge on any atom is 0.339 e. The van der Waals surface area contributed by atoms with Crippen LogP contribution in [0.4, 0.5) is 20.5 Å². The molecule has 0 spiro atoms. The predicted octanol–water partition coefficient (Wildman–Crippen LogP) is 4.43. The van der Waals surface area contributed by atoms with Gasteiger partial charge >= 0.3 is 5.97 Å². The zero-order valence-corrected chi connectivity index (χ0v) is 21.1. The van der Waals surface area contributed by atoms with Gasteiger partial charge in [0.2, 0.25) is 5.95 Å². The number of thiophene rings is 1. The van der Waals surface area contributed by atoms with E-state index in [4.69, 9.17) is 4.74 Å². The molecule has 0 radical (unpaired) electrons. The van der Waals surface area contributed by atoms with Crippen LogP contribution in [0.25, 0.3) is 0 Å². The minimum Gasteiger partial charge on any atom is -0.462 e. The number of halogens is 2. The van der Waals surface area contributed by atoms with E-state index in [0.717, 1.165) is 34.6 Å². The van der Waals surface area contributed by atoms with E-state index in [1.807, 2.05) is 4.57 Å². The van der Waals surface area contributed by atoms with Crippen LogP contribution in [0.2, 0.25) is 0 Å². The first-order chi connectivity index (χ1) is 17.3. The number of carbonyl (C=O) groups is 2. The molecule has 0 aliphatic heterocycles. The SMILES string of the molecule is CCOC(=O)c1c(CC(=O)[C@H]2C[C@@H]2C)sc2c1C[C@@H](n1cnnc1Nc1cc(C(F)F)nn1C)CC2. The van der Waals surface area contributed by atoms with Crippen molar-refractivity contribution in [3.05, 3.63) is 39.0 Å². The summed E-state index contributed by atoms with van der Waals surface area (Å²) in [6.07, 6.45) is 2.17. The average molecular weight is 519 g/mol. The topological polar surface area (TPSA) is 104 Å². The molecule has 0 bridgehead atoms. The minimum absolute atomic E-state index is 0.0624. The number of carbonyl (C=O) groups excluding carboxylic acids is 2. The Balaban J connectivity index is 1.41. The highest BCUT2D eigenvalue weighted by Crippen LogP contribution is 2.43. The number of aryl methyl sites for hydroxylation is 2. The molecule has 12 heteroatoms. The van der Waals surface area contributed by atoms with Crippen molar-refractivity contribution in [1.29, 1.82) is 0 Å². The fourth-order valence-electron chi connectivity index (χ4n) is 4.91. The van der Waals surface area contributed by atoms with Gasteiger partial charge in [-0.15, -0.1) is 21.5 Å². The summed E-state index contributed by atoms with van der Waals surface area (Å²) >= 11 is 1.54. The first-order valence-electron chi connectivity index (χ1n) is 12.1. The fraction of sp³-hybridized carbons (Fsp3) is 0.542. The number of nitrogens with zero attached hydrogens (tertiary/aromatic N) is 5. The number of alkyl halides is 2. The predicted molar refractivity (Wildman–Crippen MR) is 129 cm³/mol. The molecule has 3 aromatic heterocycles. The van der Waals surface area contributed by atoms with Gasteiger partial charge in [-0.3, -0.25) is 14.0 Å². The summed E-state index contributed by atoms with van der Waals surface area (Å²) in [5.41, 5.74) is 1.12. The van der Waals surface area contributed by atoms with E-state index in [1.54, 1.807) is 31.6 Å². The highest BCUT2D eigenvalue weighted by Gasteiger charge is 2.40. The van der Waals surface area contributed by atoms with Gasteiger partial charge in [-0.2, -0.15) is 5.10 Å². The van der Waals surface area contributed by atoms with Crippen LogP contribution >= 0.6 is 11.3 Å². The second kappa shape index (κ2) is 9.72. The van der Waals surface area contributed by atoms with Crippen molar-refractivity contribution in [2.75, 3.05) is 11.9 Å². The molecular formula is C24H28F2N6O3S. The maximum atomic E-state index is 13.1. The first-order valence-corrected chi connectivity index (χ1v) is 12.9. The molecule has 3 aromatic rings. The molecule has 0 saturated heterocycles. The lowest BCUT2D eigenvalue weighted by molar-refractivity contribution is -0.119. The summed E-state index contributed by atoms with van der Waals surface area (Å²) in [7, 11) is 1.57. The first kappa shape index (κ1) is 24.5. The van der Waals surface area contributed by atoms with Gasteiger partial charge in [0.15, 0.2) is 0 Å².